The summed E-state index contributed by atoms with van der Waals surface area (Å²) in [6.07, 6.45) is 2.19. The van der Waals surface area contributed by atoms with E-state index in [4.69, 9.17) is 10.5 Å². The van der Waals surface area contributed by atoms with E-state index >= 15 is 0 Å². The molecule has 1 unspecified atom stereocenters. The molecule has 2 fully saturated rings. The Bertz CT molecular complexity index is 1710. The van der Waals surface area contributed by atoms with Gasteiger partial charge >= 0.3 is 20.4 Å². The van der Waals surface area contributed by atoms with Crippen molar-refractivity contribution in [2.75, 3.05) is 21.7 Å². The van der Waals surface area contributed by atoms with Gasteiger partial charge in [0, 0.05) is 12.3 Å². The van der Waals surface area contributed by atoms with Gasteiger partial charge in [0.1, 0.15) is 24.6 Å². The van der Waals surface area contributed by atoms with Gasteiger partial charge in [-0.25, -0.2) is 18.1 Å². The van der Waals surface area contributed by atoms with Crippen molar-refractivity contribution in [1.82, 2.24) is 9.44 Å². The van der Waals surface area contributed by atoms with Crippen LogP contribution >= 0.6 is 0 Å². The van der Waals surface area contributed by atoms with Gasteiger partial charge < -0.3 is 10.2 Å². The van der Waals surface area contributed by atoms with E-state index in [-0.39, 0.29) is 47.3 Å². The third kappa shape index (κ3) is 8.27. The van der Waals surface area contributed by atoms with Crippen LogP contribution < -0.4 is 18.1 Å². The molecule has 0 aromatic heterocycles. The fourth-order valence-electron chi connectivity index (χ4n) is 4.42. The zero-order valence-corrected chi connectivity index (χ0v) is 25.4. The van der Waals surface area contributed by atoms with E-state index in [0.717, 1.165) is 19.7 Å². The summed E-state index contributed by atoms with van der Waals surface area (Å²) in [5.74, 6) is -1.80. The van der Waals surface area contributed by atoms with Crippen LogP contribution in [0.4, 0.5) is 11.4 Å². The van der Waals surface area contributed by atoms with Crippen molar-refractivity contribution < 1.29 is 36.6 Å². The van der Waals surface area contributed by atoms with Gasteiger partial charge in [-0.1, -0.05) is 26.0 Å². The number of nitrogens with zero attached hydrogens (tertiary/aromatic N) is 4. The van der Waals surface area contributed by atoms with Crippen molar-refractivity contribution in [3.63, 3.8) is 0 Å². The third-order valence-corrected chi connectivity index (χ3v) is 9.37. The number of phenolic OH excluding ortho intramolecular Hbond substituents is 2. The zero-order chi connectivity index (χ0) is 32.2. The Kier molecular flexibility index (Phi) is 9.79. The first-order valence-electron chi connectivity index (χ1n) is 13.0. The molecule has 43 heavy (non-hydrogen) atoms. The molecule has 2 saturated heterocycles. The third-order valence-electron chi connectivity index (χ3n) is 6.58. The van der Waals surface area contributed by atoms with Gasteiger partial charge in [-0.05, 0) is 67.0 Å². The summed E-state index contributed by atoms with van der Waals surface area (Å²) in [5.41, 5.74) is 1.46. The Hall–Kier alpha value is -4.54. The molecule has 2 aromatic rings. The van der Waals surface area contributed by atoms with E-state index in [1.54, 1.807) is 12.1 Å². The van der Waals surface area contributed by atoms with Gasteiger partial charge in [0.25, 0.3) is 11.8 Å². The minimum absolute atomic E-state index is 0.0557. The Morgan fingerprint density at radius 2 is 1.35 bits per heavy atom. The highest BCUT2D eigenvalue weighted by Gasteiger charge is 2.36. The van der Waals surface area contributed by atoms with E-state index in [0.29, 0.717) is 25.7 Å². The second-order valence-corrected chi connectivity index (χ2v) is 14.2. The lowest BCUT2D eigenvalue weighted by molar-refractivity contribution is -0.118. The smallest absolute Gasteiger partial charge is 0.326 e. The maximum absolute atomic E-state index is 11.8. The molecule has 0 bridgehead atoms. The molecular formula is C27H32N6O8S2. The topological polar surface area (TPSA) is 221 Å². The zero-order valence-electron chi connectivity index (χ0n) is 23.7. The number of hydrogen-bond donors (Lipinski definition) is 4. The maximum atomic E-state index is 11.8. The number of nitrogens with one attached hydrogen (secondary N) is 2. The lowest BCUT2D eigenvalue weighted by atomic mass is 9.83. The van der Waals surface area contributed by atoms with Gasteiger partial charge in [0.05, 0.1) is 23.5 Å². The van der Waals surface area contributed by atoms with Crippen molar-refractivity contribution in [1.29, 1.82) is 10.5 Å². The van der Waals surface area contributed by atoms with Crippen molar-refractivity contribution in [2.24, 2.45) is 11.3 Å². The lowest BCUT2D eigenvalue weighted by Crippen LogP contribution is -2.29. The van der Waals surface area contributed by atoms with Crippen molar-refractivity contribution in [3.05, 3.63) is 47.5 Å². The molecule has 1 atom stereocenters. The first kappa shape index (κ1) is 33.0. The Labute approximate surface area is 250 Å². The molecule has 0 aliphatic carbocycles. The largest absolute Gasteiger partial charge is 0.506 e. The molecule has 2 aliphatic rings. The van der Waals surface area contributed by atoms with E-state index in [1.807, 2.05) is 30.2 Å². The maximum Gasteiger partial charge on any atom is 0.326 e. The fraction of sp³-hybridized carbons (Fsp3) is 0.407. The lowest BCUT2D eigenvalue weighted by Gasteiger charge is -2.22. The highest BCUT2D eigenvalue weighted by molar-refractivity contribution is 7.92. The summed E-state index contributed by atoms with van der Waals surface area (Å²) < 4.78 is 52.3. The van der Waals surface area contributed by atoms with E-state index in [1.165, 1.54) is 24.3 Å². The predicted octanol–water partition coefficient (Wildman–Crippen LogP) is 1.72. The number of aromatic hydroxyl groups is 2. The van der Waals surface area contributed by atoms with Gasteiger partial charge in [0.15, 0.2) is 0 Å². The van der Waals surface area contributed by atoms with Gasteiger partial charge in [-0.2, -0.15) is 27.4 Å². The molecule has 0 saturated carbocycles. The summed E-state index contributed by atoms with van der Waals surface area (Å²) in [7, 11) is -7.86. The molecule has 14 nitrogen and oxygen atoms in total. The van der Waals surface area contributed by atoms with Crippen LogP contribution in [0.5, 0.6) is 11.5 Å². The molecular weight excluding hydrogens is 600 g/mol. The number of anilines is 2. The molecule has 16 heteroatoms. The molecule has 0 spiro atoms. The summed E-state index contributed by atoms with van der Waals surface area (Å²) in [6, 6.07) is 13.5. The number of nitriles is 2. The molecule has 4 N–H and O–H groups in total. The second-order valence-electron chi connectivity index (χ2n) is 11.0. The number of rotatable bonds is 8. The van der Waals surface area contributed by atoms with Crippen LogP contribution in [-0.2, 0) is 42.8 Å². The highest BCUT2D eigenvalue weighted by atomic mass is 32.2. The van der Waals surface area contributed by atoms with Gasteiger partial charge in [0.2, 0.25) is 0 Å². The summed E-state index contributed by atoms with van der Waals surface area (Å²) in [4.78, 5) is 22.4. The first-order chi connectivity index (χ1) is 20.0. The average molecular weight is 633 g/mol. The van der Waals surface area contributed by atoms with Gasteiger partial charge in [-0.15, -0.1) is 0 Å². The summed E-state index contributed by atoms with van der Waals surface area (Å²) in [6.45, 7) is 4.99. The molecule has 230 valence electrons. The molecule has 4 rings (SSSR count). The van der Waals surface area contributed by atoms with Crippen LogP contribution in [0.2, 0.25) is 0 Å². The summed E-state index contributed by atoms with van der Waals surface area (Å²) >= 11 is 0. The normalized spacial score (nSPS) is 17.6. The second kappa shape index (κ2) is 12.8. The fourth-order valence-corrected chi connectivity index (χ4v) is 6.75. The predicted molar refractivity (Wildman–Crippen MR) is 156 cm³/mol. The Balaban J connectivity index is 0.000000236. The molecule has 2 aliphatic heterocycles. The Morgan fingerprint density at radius 1 is 0.884 bits per heavy atom. The van der Waals surface area contributed by atoms with E-state index < -0.39 is 32.2 Å². The number of carbonyl (C=O) groups is 2. The standard InChI is InChI=1S/C14H17N3O4S.C13H15N3O4S/c1-14(2,5-6-15)8-10-3-4-11(12(18)7-10)17-9-13(19)16-22(17,20)21;1-9(7-14)2-3-10-4-5-11(12(17)6-10)16-8-13(18)15-21(16,19)20/h3-4,7,18H,5,8-9H2,1-2H3,(H,16,19);4-6,9,17H,2-3,8H2,1H3,(H,15,18). The highest BCUT2D eigenvalue weighted by Crippen LogP contribution is 2.34. The number of phenols is 2. The SMILES string of the molecule is CC(C#N)CCc1ccc(N2CC(=O)NS2(=O)=O)c(O)c1.CC(C)(CC#N)Cc1ccc(N2CC(=O)NS2(=O)=O)c(O)c1. The minimum atomic E-state index is -3.94. The number of amides is 2. The van der Waals surface area contributed by atoms with E-state index in [9.17, 15) is 36.6 Å². The summed E-state index contributed by atoms with van der Waals surface area (Å²) in [5, 5.41) is 37.6. The van der Waals surface area contributed by atoms with Crippen LogP contribution in [0.15, 0.2) is 36.4 Å². The van der Waals surface area contributed by atoms with Crippen LogP contribution in [0.3, 0.4) is 0 Å². The van der Waals surface area contributed by atoms with E-state index in [2.05, 4.69) is 12.1 Å². The Morgan fingerprint density at radius 3 is 1.74 bits per heavy atom. The van der Waals surface area contributed by atoms with Crippen molar-refractivity contribution >= 4 is 43.6 Å². The van der Waals surface area contributed by atoms with Crippen LogP contribution in [-0.4, -0.2) is 52.0 Å². The van der Waals surface area contributed by atoms with Crippen LogP contribution in [0.25, 0.3) is 0 Å². The van der Waals surface area contributed by atoms with Gasteiger partial charge in [-0.3, -0.25) is 9.59 Å². The molecule has 0 radical (unpaired) electrons. The van der Waals surface area contributed by atoms with Crippen molar-refractivity contribution in [3.8, 4) is 23.6 Å². The molecule has 2 amide bonds. The van der Waals surface area contributed by atoms with Crippen LogP contribution in [0, 0.1) is 34.0 Å². The minimum Gasteiger partial charge on any atom is -0.506 e. The monoisotopic (exact) mass is 632 g/mol. The number of benzene rings is 2. The number of hydrogen-bond acceptors (Lipinski definition) is 10. The van der Waals surface area contributed by atoms with Crippen molar-refractivity contribution in [2.45, 2.75) is 46.5 Å². The first-order valence-corrected chi connectivity index (χ1v) is 15.9. The number of carbonyl (C=O) groups excluding carboxylic acids is 2. The quantitative estimate of drug-likeness (QED) is 0.330. The molecule has 2 heterocycles. The molecule has 2 aromatic carbocycles. The number of aryl methyl sites for hydroxylation is 1. The average Bonchev–Trinajstić information content (AvgIpc) is 3.33. The van der Waals surface area contributed by atoms with Crippen LogP contribution in [0.1, 0.15) is 44.7 Å².